The van der Waals surface area contributed by atoms with Crippen LogP contribution in [0.1, 0.15) is 16.7 Å². The molecule has 5 aromatic rings. The number of anilines is 1. The standard InChI is InChI=1S/C29H23BrClN5O/c30-24-19-34-36-27(16-26(35-29(24)36)23-8-4-5-9-25(23)31)32-17-21-10-12-22(13-11-21)18-33-28(37)15-14-20-6-2-1-3-7-20/h1-16,19,32H,17-18H2,(H,33,37). The summed E-state index contributed by atoms with van der Waals surface area (Å²) in [5.41, 5.74) is 5.42. The van der Waals surface area contributed by atoms with Gasteiger partial charge in [-0.3, -0.25) is 4.79 Å². The van der Waals surface area contributed by atoms with Gasteiger partial charge in [-0.1, -0.05) is 84.4 Å². The van der Waals surface area contributed by atoms with Gasteiger partial charge in [-0.2, -0.15) is 9.61 Å². The molecular weight excluding hydrogens is 550 g/mol. The molecule has 184 valence electrons. The van der Waals surface area contributed by atoms with Crippen molar-refractivity contribution in [2.75, 3.05) is 5.32 Å². The highest BCUT2D eigenvalue weighted by molar-refractivity contribution is 9.10. The Morgan fingerprint density at radius 3 is 2.41 bits per heavy atom. The van der Waals surface area contributed by atoms with Crippen molar-refractivity contribution in [2.24, 2.45) is 0 Å². The van der Waals surface area contributed by atoms with Gasteiger partial charge in [0.25, 0.3) is 0 Å². The first-order valence-electron chi connectivity index (χ1n) is 11.7. The first-order valence-corrected chi connectivity index (χ1v) is 12.9. The molecule has 37 heavy (non-hydrogen) atoms. The number of carbonyl (C=O) groups excluding carboxylic acids is 1. The number of amides is 1. The minimum Gasteiger partial charge on any atom is -0.366 e. The minimum atomic E-state index is -0.129. The molecule has 8 heteroatoms. The summed E-state index contributed by atoms with van der Waals surface area (Å²) in [4.78, 5) is 16.9. The molecule has 5 rings (SSSR count). The van der Waals surface area contributed by atoms with Crippen LogP contribution in [0.2, 0.25) is 5.02 Å². The first kappa shape index (κ1) is 24.7. The lowest BCUT2D eigenvalue weighted by molar-refractivity contribution is -0.116. The Kier molecular flexibility index (Phi) is 7.63. The maximum Gasteiger partial charge on any atom is 0.244 e. The van der Waals surface area contributed by atoms with Crippen LogP contribution in [0, 0.1) is 0 Å². The van der Waals surface area contributed by atoms with Crippen molar-refractivity contribution in [3.8, 4) is 11.3 Å². The average Bonchev–Trinajstić information content (AvgIpc) is 3.31. The summed E-state index contributed by atoms with van der Waals surface area (Å²) in [5.74, 6) is 0.670. The second-order valence-electron chi connectivity index (χ2n) is 8.37. The number of hydrogen-bond donors (Lipinski definition) is 2. The van der Waals surface area contributed by atoms with Gasteiger partial charge >= 0.3 is 0 Å². The number of benzene rings is 3. The monoisotopic (exact) mass is 571 g/mol. The molecule has 2 heterocycles. The number of nitrogens with zero attached hydrogens (tertiary/aromatic N) is 3. The zero-order valence-electron chi connectivity index (χ0n) is 19.7. The molecule has 0 radical (unpaired) electrons. The van der Waals surface area contributed by atoms with E-state index in [1.807, 2.05) is 84.9 Å². The van der Waals surface area contributed by atoms with Crippen LogP contribution >= 0.6 is 27.5 Å². The van der Waals surface area contributed by atoms with Crippen molar-refractivity contribution in [1.82, 2.24) is 19.9 Å². The smallest absolute Gasteiger partial charge is 0.244 e. The minimum absolute atomic E-state index is 0.129. The van der Waals surface area contributed by atoms with E-state index in [4.69, 9.17) is 16.6 Å². The van der Waals surface area contributed by atoms with Crippen LogP contribution in [0.25, 0.3) is 23.0 Å². The molecule has 3 aromatic carbocycles. The van der Waals surface area contributed by atoms with E-state index < -0.39 is 0 Å². The van der Waals surface area contributed by atoms with Crippen molar-refractivity contribution < 1.29 is 4.79 Å². The normalized spacial score (nSPS) is 11.2. The summed E-state index contributed by atoms with van der Waals surface area (Å²) in [5, 5.41) is 11.5. The van der Waals surface area contributed by atoms with E-state index in [0.29, 0.717) is 23.8 Å². The van der Waals surface area contributed by atoms with Crippen LogP contribution in [-0.2, 0) is 17.9 Å². The third kappa shape index (κ3) is 6.07. The fourth-order valence-electron chi connectivity index (χ4n) is 3.82. The molecule has 6 nitrogen and oxygen atoms in total. The lowest BCUT2D eigenvalue weighted by Gasteiger charge is -2.12. The van der Waals surface area contributed by atoms with E-state index in [-0.39, 0.29) is 5.91 Å². The van der Waals surface area contributed by atoms with E-state index in [2.05, 4.69) is 31.7 Å². The Morgan fingerprint density at radius 2 is 1.65 bits per heavy atom. The third-order valence-electron chi connectivity index (χ3n) is 5.77. The molecule has 0 unspecified atom stereocenters. The van der Waals surface area contributed by atoms with E-state index >= 15 is 0 Å². The van der Waals surface area contributed by atoms with Gasteiger partial charge in [0, 0.05) is 35.8 Å². The molecule has 0 bridgehead atoms. The Balaban J connectivity index is 1.24. The Hall–Kier alpha value is -3.94. The lowest BCUT2D eigenvalue weighted by atomic mass is 10.1. The molecule has 0 aliphatic carbocycles. The number of halogens is 2. The maximum atomic E-state index is 12.1. The summed E-state index contributed by atoms with van der Waals surface area (Å²) in [6.45, 7) is 1.05. The highest BCUT2D eigenvalue weighted by atomic mass is 79.9. The van der Waals surface area contributed by atoms with Crippen LogP contribution in [0.3, 0.4) is 0 Å². The summed E-state index contributed by atoms with van der Waals surface area (Å²) >= 11 is 9.97. The highest BCUT2D eigenvalue weighted by Gasteiger charge is 2.13. The summed E-state index contributed by atoms with van der Waals surface area (Å²) < 4.78 is 2.56. The van der Waals surface area contributed by atoms with E-state index in [1.54, 1.807) is 22.9 Å². The predicted molar refractivity (Wildman–Crippen MR) is 152 cm³/mol. The van der Waals surface area contributed by atoms with Crippen molar-refractivity contribution in [2.45, 2.75) is 13.1 Å². The van der Waals surface area contributed by atoms with Gasteiger partial charge < -0.3 is 10.6 Å². The van der Waals surface area contributed by atoms with Crippen molar-refractivity contribution in [1.29, 1.82) is 0 Å². The molecular formula is C29H23BrClN5O. The number of carbonyl (C=O) groups is 1. The number of hydrogen-bond acceptors (Lipinski definition) is 4. The van der Waals surface area contributed by atoms with Crippen LogP contribution < -0.4 is 10.6 Å². The van der Waals surface area contributed by atoms with E-state index in [1.165, 1.54) is 0 Å². The van der Waals surface area contributed by atoms with Gasteiger partial charge in [-0.25, -0.2) is 4.98 Å². The van der Waals surface area contributed by atoms with Gasteiger partial charge in [-0.05, 0) is 44.8 Å². The van der Waals surface area contributed by atoms with Crippen LogP contribution in [-0.4, -0.2) is 20.5 Å². The summed E-state index contributed by atoms with van der Waals surface area (Å²) in [6, 6.07) is 27.4. The van der Waals surface area contributed by atoms with Crippen molar-refractivity contribution in [3.63, 3.8) is 0 Å². The molecule has 0 saturated heterocycles. The van der Waals surface area contributed by atoms with Gasteiger partial charge in [-0.15, -0.1) is 0 Å². The van der Waals surface area contributed by atoms with Crippen molar-refractivity contribution >= 4 is 51.0 Å². The Bertz CT molecular complexity index is 1570. The highest BCUT2D eigenvalue weighted by Crippen LogP contribution is 2.30. The van der Waals surface area contributed by atoms with Crippen molar-refractivity contribution in [3.05, 3.63) is 123 Å². The molecule has 0 saturated carbocycles. The predicted octanol–water partition coefficient (Wildman–Crippen LogP) is 6.75. The Labute approximate surface area is 228 Å². The summed E-state index contributed by atoms with van der Waals surface area (Å²) in [6.07, 6.45) is 5.07. The van der Waals surface area contributed by atoms with Gasteiger partial charge in [0.2, 0.25) is 5.91 Å². The number of fused-ring (bicyclic) bond motifs is 1. The summed E-state index contributed by atoms with van der Waals surface area (Å²) in [7, 11) is 0. The second-order valence-corrected chi connectivity index (χ2v) is 9.63. The zero-order valence-corrected chi connectivity index (χ0v) is 22.1. The zero-order chi connectivity index (χ0) is 25.6. The van der Waals surface area contributed by atoms with E-state index in [9.17, 15) is 4.79 Å². The molecule has 2 aromatic heterocycles. The Morgan fingerprint density at radius 1 is 0.946 bits per heavy atom. The molecule has 0 atom stereocenters. The number of rotatable bonds is 8. The van der Waals surface area contributed by atoms with Crippen LogP contribution in [0.4, 0.5) is 5.82 Å². The van der Waals surface area contributed by atoms with Crippen LogP contribution in [0.5, 0.6) is 0 Å². The molecule has 0 aliphatic heterocycles. The SMILES string of the molecule is O=C(C=Cc1ccccc1)NCc1ccc(CNc2cc(-c3ccccc3Cl)nc3c(Br)cnn23)cc1. The molecule has 1 amide bonds. The fourth-order valence-corrected chi connectivity index (χ4v) is 4.40. The quantitative estimate of drug-likeness (QED) is 0.202. The topological polar surface area (TPSA) is 71.3 Å². The largest absolute Gasteiger partial charge is 0.366 e. The number of aromatic nitrogens is 3. The van der Waals surface area contributed by atoms with Gasteiger partial charge in [0.15, 0.2) is 5.65 Å². The lowest BCUT2D eigenvalue weighted by Crippen LogP contribution is -2.20. The first-order chi connectivity index (χ1) is 18.1. The van der Waals surface area contributed by atoms with Crippen LogP contribution in [0.15, 0.2) is 102 Å². The molecule has 0 fully saturated rings. The van der Waals surface area contributed by atoms with Gasteiger partial charge in [0.1, 0.15) is 5.82 Å². The maximum absolute atomic E-state index is 12.1. The molecule has 2 N–H and O–H groups in total. The van der Waals surface area contributed by atoms with E-state index in [0.717, 1.165) is 38.2 Å². The number of nitrogens with one attached hydrogen (secondary N) is 2. The second kappa shape index (κ2) is 11.4. The van der Waals surface area contributed by atoms with Gasteiger partial charge in [0.05, 0.1) is 16.4 Å². The third-order valence-corrected chi connectivity index (χ3v) is 6.66. The molecule has 0 aliphatic rings. The molecule has 0 spiro atoms. The fraction of sp³-hybridized carbons (Fsp3) is 0.0690. The average molecular weight is 573 g/mol.